The van der Waals surface area contributed by atoms with Crippen molar-refractivity contribution < 1.29 is 28.5 Å². The van der Waals surface area contributed by atoms with E-state index >= 15 is 0 Å². The van der Waals surface area contributed by atoms with Crippen LogP contribution in [0, 0.1) is 18.8 Å². The molecule has 2 N–H and O–H groups in total. The number of nitrogens with zero attached hydrogens (tertiary/aromatic N) is 1. The van der Waals surface area contributed by atoms with Crippen molar-refractivity contribution in [1.82, 2.24) is 10.3 Å². The fraction of sp³-hybridized carbons (Fsp3) is 0.452. The fourth-order valence-electron chi connectivity index (χ4n) is 4.28. The summed E-state index contributed by atoms with van der Waals surface area (Å²) in [6.07, 6.45) is 1.75. The first-order valence-corrected chi connectivity index (χ1v) is 14.3. The molecule has 0 aliphatic rings. The molecule has 1 heterocycles. The van der Waals surface area contributed by atoms with E-state index in [1.165, 1.54) is 32.0 Å². The third-order valence-corrected chi connectivity index (χ3v) is 7.02. The molecule has 3 aromatic rings. The Labute approximate surface area is 247 Å². The topological polar surface area (TPSA) is 108 Å². The summed E-state index contributed by atoms with van der Waals surface area (Å²) in [6, 6.07) is 8.34. The van der Waals surface area contributed by atoms with Crippen LogP contribution in [0.25, 0.3) is 10.2 Å². The van der Waals surface area contributed by atoms with Gasteiger partial charge in [0, 0.05) is 39.0 Å². The summed E-state index contributed by atoms with van der Waals surface area (Å²) >= 11 is 1.40. The molecule has 0 bridgehead atoms. The second-order valence-electron chi connectivity index (χ2n) is 10.1. The lowest BCUT2D eigenvalue weighted by atomic mass is 10.00. The van der Waals surface area contributed by atoms with Crippen molar-refractivity contribution in [2.24, 2.45) is 11.8 Å². The molecule has 9 nitrogen and oxygen atoms in total. The number of carbonyl (C=O) groups excluding carboxylic acids is 2. The zero-order valence-electron chi connectivity index (χ0n) is 25.4. The number of methoxy groups -OCH3 is 4. The number of thiazole rings is 1. The largest absolute Gasteiger partial charge is 0.497 e. The van der Waals surface area contributed by atoms with Gasteiger partial charge >= 0.3 is 0 Å². The zero-order chi connectivity index (χ0) is 30.5. The average molecular weight is 586 g/mol. The Hall–Kier alpha value is -3.47. The molecule has 0 aliphatic carbocycles. The van der Waals surface area contributed by atoms with E-state index in [-0.39, 0.29) is 5.56 Å². The van der Waals surface area contributed by atoms with Crippen molar-refractivity contribution >= 4 is 39.1 Å². The summed E-state index contributed by atoms with van der Waals surface area (Å²) in [7, 11) is 6.35. The van der Waals surface area contributed by atoms with Crippen LogP contribution < -0.4 is 20.1 Å². The maximum absolute atomic E-state index is 13.3. The Morgan fingerprint density at radius 2 is 1.73 bits per heavy atom. The van der Waals surface area contributed by atoms with Crippen LogP contribution in [0.5, 0.6) is 11.5 Å². The summed E-state index contributed by atoms with van der Waals surface area (Å²) in [5.41, 5.74) is 2.14. The van der Waals surface area contributed by atoms with Crippen LogP contribution in [-0.4, -0.2) is 58.5 Å². The minimum Gasteiger partial charge on any atom is -0.497 e. The predicted molar refractivity (Wildman–Crippen MR) is 165 cm³/mol. The Kier molecular flexibility index (Phi) is 13.8. The molecule has 0 saturated heterocycles. The Balaban J connectivity index is 0.000000564. The van der Waals surface area contributed by atoms with Gasteiger partial charge in [0.2, 0.25) is 0 Å². The molecule has 41 heavy (non-hydrogen) atoms. The molecule has 0 saturated carbocycles. The second kappa shape index (κ2) is 16.7. The van der Waals surface area contributed by atoms with E-state index in [0.29, 0.717) is 51.7 Å². The molecule has 0 radical (unpaired) electrons. The number of hydrogen-bond donors (Lipinski definition) is 2. The first-order chi connectivity index (χ1) is 19.5. The summed E-state index contributed by atoms with van der Waals surface area (Å²) in [5, 5.41) is 6.41. The van der Waals surface area contributed by atoms with Crippen molar-refractivity contribution in [2.45, 2.75) is 40.5 Å². The van der Waals surface area contributed by atoms with Gasteiger partial charge in [-0.15, -0.1) is 11.3 Å². The molecule has 0 spiro atoms. The van der Waals surface area contributed by atoms with E-state index in [4.69, 9.17) is 18.9 Å². The SMILES string of the molecule is C=C(CCOC)NC(=O)c1ccc(OC)cc1NC(=O)c1c(OC)ccc2nc(C)sc12.COCC(C)CC(C)C. The molecule has 1 unspecified atom stereocenters. The first-order valence-electron chi connectivity index (χ1n) is 13.4. The highest BCUT2D eigenvalue weighted by atomic mass is 32.1. The van der Waals surface area contributed by atoms with Gasteiger partial charge in [-0.2, -0.15) is 0 Å². The number of anilines is 1. The van der Waals surface area contributed by atoms with Crippen molar-refractivity contribution in [3.8, 4) is 11.5 Å². The lowest BCUT2D eigenvalue weighted by molar-refractivity contribution is 0.0963. The number of hydrogen-bond acceptors (Lipinski definition) is 8. The van der Waals surface area contributed by atoms with Crippen LogP contribution in [-0.2, 0) is 9.47 Å². The summed E-state index contributed by atoms with van der Waals surface area (Å²) in [4.78, 5) is 30.6. The monoisotopic (exact) mass is 585 g/mol. The number of amides is 2. The highest BCUT2D eigenvalue weighted by Gasteiger charge is 2.22. The molecule has 224 valence electrons. The number of benzene rings is 2. The number of carbonyl (C=O) groups is 2. The van der Waals surface area contributed by atoms with E-state index in [0.717, 1.165) is 23.5 Å². The molecular formula is C31H43N3O6S. The highest BCUT2D eigenvalue weighted by Crippen LogP contribution is 2.33. The van der Waals surface area contributed by atoms with Gasteiger partial charge in [0.1, 0.15) is 17.1 Å². The number of fused-ring (bicyclic) bond motifs is 1. The molecule has 0 aliphatic heterocycles. The van der Waals surface area contributed by atoms with Crippen molar-refractivity contribution in [3.05, 3.63) is 58.7 Å². The molecule has 3 rings (SSSR count). The minimum absolute atomic E-state index is 0.268. The first kappa shape index (κ1) is 33.7. The third-order valence-electron chi connectivity index (χ3n) is 6.02. The smallest absolute Gasteiger partial charge is 0.260 e. The summed E-state index contributed by atoms with van der Waals surface area (Å²) in [6.45, 7) is 13.8. The van der Waals surface area contributed by atoms with Crippen LogP contribution in [0.15, 0.2) is 42.6 Å². The van der Waals surface area contributed by atoms with Crippen LogP contribution >= 0.6 is 11.3 Å². The summed E-state index contributed by atoms with van der Waals surface area (Å²) in [5.74, 6) is 1.61. The van der Waals surface area contributed by atoms with Gasteiger partial charge in [0.05, 0.1) is 47.3 Å². The van der Waals surface area contributed by atoms with Crippen LogP contribution in [0.1, 0.15) is 59.3 Å². The molecular weight excluding hydrogens is 542 g/mol. The van der Waals surface area contributed by atoms with E-state index < -0.39 is 11.8 Å². The van der Waals surface area contributed by atoms with Gasteiger partial charge in [-0.05, 0) is 49.4 Å². The lowest BCUT2D eigenvalue weighted by Gasteiger charge is -2.15. The van der Waals surface area contributed by atoms with Gasteiger partial charge in [-0.3, -0.25) is 9.59 Å². The van der Waals surface area contributed by atoms with E-state index in [2.05, 4.69) is 43.0 Å². The molecule has 1 atom stereocenters. The van der Waals surface area contributed by atoms with Crippen LogP contribution in [0.4, 0.5) is 5.69 Å². The molecule has 2 aromatic carbocycles. The summed E-state index contributed by atoms with van der Waals surface area (Å²) < 4.78 is 21.4. The van der Waals surface area contributed by atoms with E-state index in [1.807, 2.05) is 13.0 Å². The Morgan fingerprint density at radius 1 is 1.00 bits per heavy atom. The lowest BCUT2D eigenvalue weighted by Crippen LogP contribution is -2.25. The van der Waals surface area contributed by atoms with Gasteiger partial charge in [-0.25, -0.2) is 4.98 Å². The number of aromatic nitrogens is 1. The van der Waals surface area contributed by atoms with Gasteiger partial charge in [0.15, 0.2) is 0 Å². The minimum atomic E-state index is -0.420. The number of ether oxygens (including phenoxy) is 4. The van der Waals surface area contributed by atoms with Gasteiger partial charge in [-0.1, -0.05) is 27.4 Å². The molecule has 10 heteroatoms. The Morgan fingerprint density at radius 3 is 2.34 bits per heavy atom. The molecule has 1 aromatic heterocycles. The fourth-order valence-corrected chi connectivity index (χ4v) is 5.23. The van der Waals surface area contributed by atoms with Crippen molar-refractivity contribution in [3.63, 3.8) is 0 Å². The molecule has 2 amide bonds. The standard InChI is InChI=1S/C23H25N3O5S.C8H18O/c1-13(10-11-29-3)24-22(27)16-7-6-15(30-4)12-18(16)26-23(28)20-19(31-5)9-8-17-21(20)32-14(2)25-17;1-7(2)5-8(3)6-9-4/h6-9,12H,1,10-11H2,2-5H3,(H,24,27)(H,26,28);7-8H,5-6H2,1-4H3. The maximum Gasteiger partial charge on any atom is 0.260 e. The third kappa shape index (κ3) is 10.1. The average Bonchev–Trinajstić information content (AvgIpc) is 3.31. The van der Waals surface area contributed by atoms with Gasteiger partial charge < -0.3 is 29.6 Å². The zero-order valence-corrected chi connectivity index (χ0v) is 26.2. The predicted octanol–water partition coefficient (Wildman–Crippen LogP) is 6.47. The number of rotatable bonds is 13. The maximum atomic E-state index is 13.3. The number of aryl methyl sites for hydroxylation is 1. The number of nitrogens with one attached hydrogen (secondary N) is 2. The molecule has 0 fully saturated rings. The van der Waals surface area contributed by atoms with Crippen LogP contribution in [0.2, 0.25) is 0 Å². The van der Waals surface area contributed by atoms with E-state index in [9.17, 15) is 9.59 Å². The van der Waals surface area contributed by atoms with Crippen molar-refractivity contribution in [1.29, 1.82) is 0 Å². The van der Waals surface area contributed by atoms with E-state index in [1.54, 1.807) is 38.5 Å². The van der Waals surface area contributed by atoms with Crippen LogP contribution in [0.3, 0.4) is 0 Å². The quantitative estimate of drug-likeness (QED) is 0.237. The second-order valence-corrected chi connectivity index (χ2v) is 11.3. The Bertz CT molecular complexity index is 1320. The van der Waals surface area contributed by atoms with Crippen molar-refractivity contribution in [2.75, 3.05) is 47.0 Å². The van der Waals surface area contributed by atoms with Gasteiger partial charge in [0.25, 0.3) is 11.8 Å². The highest BCUT2D eigenvalue weighted by molar-refractivity contribution is 7.19. The normalized spacial score (nSPS) is 11.4.